The maximum Gasteiger partial charge on any atom is 0.234 e. The summed E-state index contributed by atoms with van der Waals surface area (Å²) in [5, 5.41) is 3.26. The normalized spacial score (nSPS) is 14.2. The number of halogens is 1. The van der Waals surface area contributed by atoms with Gasteiger partial charge in [-0.3, -0.25) is 10.1 Å². The Labute approximate surface area is 122 Å². The standard InChI is InChI=1S/C14H21BrN2O2/c1-8(2)13(14(16)18)17-9(3)10-5-6-12(19-4)11(15)7-10/h5-9,13,17H,1-4H3,(H2,16,18). The van der Waals surface area contributed by atoms with Crippen molar-refractivity contribution in [3.8, 4) is 5.75 Å². The van der Waals surface area contributed by atoms with E-state index >= 15 is 0 Å². The highest BCUT2D eigenvalue weighted by molar-refractivity contribution is 9.10. The van der Waals surface area contributed by atoms with Crippen LogP contribution >= 0.6 is 15.9 Å². The average Bonchev–Trinajstić information content (AvgIpc) is 2.34. The molecule has 0 aliphatic carbocycles. The van der Waals surface area contributed by atoms with Crippen molar-refractivity contribution in [3.63, 3.8) is 0 Å². The molecule has 1 rings (SSSR count). The van der Waals surface area contributed by atoms with Crippen LogP contribution in [0.2, 0.25) is 0 Å². The molecular formula is C14H21BrN2O2. The average molecular weight is 329 g/mol. The molecule has 1 aromatic carbocycles. The molecule has 0 heterocycles. The third kappa shape index (κ3) is 4.21. The zero-order valence-electron chi connectivity index (χ0n) is 11.7. The van der Waals surface area contributed by atoms with Gasteiger partial charge in [0.25, 0.3) is 0 Å². The van der Waals surface area contributed by atoms with E-state index in [9.17, 15) is 4.79 Å². The van der Waals surface area contributed by atoms with E-state index in [0.717, 1.165) is 15.8 Å². The Bertz CT molecular complexity index is 449. The van der Waals surface area contributed by atoms with Gasteiger partial charge < -0.3 is 10.5 Å². The predicted molar refractivity (Wildman–Crippen MR) is 80.1 cm³/mol. The van der Waals surface area contributed by atoms with Gasteiger partial charge in [-0.15, -0.1) is 0 Å². The molecule has 2 unspecified atom stereocenters. The van der Waals surface area contributed by atoms with Crippen LogP contribution in [0, 0.1) is 5.92 Å². The summed E-state index contributed by atoms with van der Waals surface area (Å²) in [5.74, 6) is 0.613. The Balaban J connectivity index is 2.85. The molecule has 0 fully saturated rings. The van der Waals surface area contributed by atoms with Crippen molar-refractivity contribution < 1.29 is 9.53 Å². The Kier molecular flexibility index (Phi) is 5.82. The highest BCUT2D eigenvalue weighted by Gasteiger charge is 2.22. The molecule has 19 heavy (non-hydrogen) atoms. The second kappa shape index (κ2) is 6.91. The molecule has 1 amide bonds. The summed E-state index contributed by atoms with van der Waals surface area (Å²) in [7, 11) is 1.63. The fraction of sp³-hybridized carbons (Fsp3) is 0.500. The summed E-state index contributed by atoms with van der Waals surface area (Å²) in [6.07, 6.45) is 0. The summed E-state index contributed by atoms with van der Waals surface area (Å²) in [4.78, 5) is 11.4. The summed E-state index contributed by atoms with van der Waals surface area (Å²) in [6, 6.07) is 5.54. The minimum absolute atomic E-state index is 0.0297. The van der Waals surface area contributed by atoms with Gasteiger partial charge in [-0.1, -0.05) is 19.9 Å². The Morgan fingerprint density at radius 2 is 2.00 bits per heavy atom. The van der Waals surface area contributed by atoms with E-state index in [1.54, 1.807) is 7.11 Å². The minimum atomic E-state index is -0.337. The zero-order valence-corrected chi connectivity index (χ0v) is 13.3. The van der Waals surface area contributed by atoms with Gasteiger partial charge in [0.15, 0.2) is 0 Å². The van der Waals surface area contributed by atoms with Gasteiger partial charge in [0, 0.05) is 6.04 Å². The second-order valence-electron chi connectivity index (χ2n) is 4.91. The lowest BCUT2D eigenvalue weighted by molar-refractivity contribution is -0.121. The first-order valence-corrected chi connectivity index (χ1v) is 7.05. The molecule has 4 nitrogen and oxygen atoms in total. The maximum atomic E-state index is 11.4. The van der Waals surface area contributed by atoms with E-state index in [4.69, 9.17) is 10.5 Å². The van der Waals surface area contributed by atoms with Crippen molar-refractivity contribution in [2.45, 2.75) is 32.9 Å². The van der Waals surface area contributed by atoms with Crippen LogP contribution in [0.5, 0.6) is 5.75 Å². The summed E-state index contributed by atoms with van der Waals surface area (Å²) in [5.41, 5.74) is 6.48. The van der Waals surface area contributed by atoms with Crippen LogP contribution in [-0.4, -0.2) is 19.1 Å². The highest BCUT2D eigenvalue weighted by atomic mass is 79.9. The molecular weight excluding hydrogens is 308 g/mol. The number of carbonyl (C=O) groups is 1. The first kappa shape index (κ1) is 16.0. The van der Waals surface area contributed by atoms with E-state index in [2.05, 4.69) is 21.2 Å². The van der Waals surface area contributed by atoms with Gasteiger partial charge in [-0.05, 0) is 46.5 Å². The molecule has 3 N–H and O–H groups in total. The third-order valence-electron chi connectivity index (χ3n) is 3.08. The lowest BCUT2D eigenvalue weighted by atomic mass is 10.0. The zero-order chi connectivity index (χ0) is 14.6. The van der Waals surface area contributed by atoms with Gasteiger partial charge in [0.05, 0.1) is 17.6 Å². The van der Waals surface area contributed by atoms with E-state index < -0.39 is 0 Å². The van der Waals surface area contributed by atoms with Crippen LogP contribution in [0.1, 0.15) is 32.4 Å². The van der Waals surface area contributed by atoms with Crippen molar-refractivity contribution in [2.75, 3.05) is 7.11 Å². The smallest absolute Gasteiger partial charge is 0.234 e. The number of hydrogen-bond donors (Lipinski definition) is 2. The molecule has 0 aromatic heterocycles. The number of rotatable bonds is 6. The van der Waals surface area contributed by atoms with Crippen LogP contribution in [0.25, 0.3) is 0 Å². The molecule has 0 saturated heterocycles. The van der Waals surface area contributed by atoms with Gasteiger partial charge >= 0.3 is 0 Å². The van der Waals surface area contributed by atoms with Gasteiger partial charge in [0.1, 0.15) is 5.75 Å². The van der Waals surface area contributed by atoms with Gasteiger partial charge in [0.2, 0.25) is 5.91 Å². The number of hydrogen-bond acceptors (Lipinski definition) is 3. The largest absolute Gasteiger partial charge is 0.496 e. The van der Waals surface area contributed by atoms with E-state index in [-0.39, 0.29) is 23.9 Å². The summed E-state index contributed by atoms with van der Waals surface area (Å²) < 4.78 is 6.09. The van der Waals surface area contributed by atoms with E-state index in [1.807, 2.05) is 39.0 Å². The first-order chi connectivity index (χ1) is 8.86. The Hall–Kier alpha value is -1.07. The number of benzene rings is 1. The first-order valence-electron chi connectivity index (χ1n) is 6.25. The van der Waals surface area contributed by atoms with E-state index in [1.165, 1.54) is 0 Å². The van der Waals surface area contributed by atoms with Crippen LogP contribution in [-0.2, 0) is 4.79 Å². The summed E-state index contributed by atoms with van der Waals surface area (Å²) >= 11 is 3.46. The highest BCUT2D eigenvalue weighted by Crippen LogP contribution is 2.28. The van der Waals surface area contributed by atoms with Crippen LogP contribution < -0.4 is 15.8 Å². The number of primary amides is 1. The number of nitrogens with two attached hydrogens (primary N) is 1. The molecule has 0 aliphatic heterocycles. The number of ether oxygens (including phenoxy) is 1. The number of amides is 1. The number of nitrogens with one attached hydrogen (secondary N) is 1. The molecule has 2 atom stereocenters. The quantitative estimate of drug-likeness (QED) is 0.843. The summed E-state index contributed by atoms with van der Waals surface area (Å²) in [6.45, 7) is 5.95. The van der Waals surface area contributed by atoms with Crippen molar-refractivity contribution in [1.29, 1.82) is 0 Å². The van der Waals surface area contributed by atoms with Gasteiger partial charge in [-0.2, -0.15) is 0 Å². The van der Waals surface area contributed by atoms with Crippen molar-refractivity contribution >= 4 is 21.8 Å². The Morgan fingerprint density at radius 1 is 1.37 bits per heavy atom. The fourth-order valence-corrected chi connectivity index (χ4v) is 2.48. The molecule has 0 bridgehead atoms. The third-order valence-corrected chi connectivity index (χ3v) is 3.70. The lowest BCUT2D eigenvalue weighted by Crippen LogP contribution is -2.45. The van der Waals surface area contributed by atoms with Crippen molar-refractivity contribution in [1.82, 2.24) is 5.32 Å². The molecule has 5 heteroatoms. The predicted octanol–water partition coefficient (Wildman–Crippen LogP) is 2.62. The topological polar surface area (TPSA) is 64.3 Å². The molecule has 0 saturated carbocycles. The molecule has 0 spiro atoms. The minimum Gasteiger partial charge on any atom is -0.496 e. The number of carbonyl (C=O) groups excluding carboxylic acids is 1. The van der Waals surface area contributed by atoms with Gasteiger partial charge in [-0.25, -0.2) is 0 Å². The maximum absolute atomic E-state index is 11.4. The van der Waals surface area contributed by atoms with Crippen molar-refractivity contribution in [3.05, 3.63) is 28.2 Å². The fourth-order valence-electron chi connectivity index (χ4n) is 1.92. The number of methoxy groups -OCH3 is 1. The lowest BCUT2D eigenvalue weighted by Gasteiger charge is -2.24. The monoisotopic (exact) mass is 328 g/mol. The van der Waals surface area contributed by atoms with Crippen LogP contribution in [0.4, 0.5) is 0 Å². The van der Waals surface area contributed by atoms with Crippen LogP contribution in [0.15, 0.2) is 22.7 Å². The molecule has 1 aromatic rings. The van der Waals surface area contributed by atoms with Crippen LogP contribution in [0.3, 0.4) is 0 Å². The molecule has 106 valence electrons. The molecule has 0 aliphatic rings. The van der Waals surface area contributed by atoms with Crippen molar-refractivity contribution in [2.24, 2.45) is 11.7 Å². The van der Waals surface area contributed by atoms with E-state index in [0.29, 0.717) is 0 Å². The molecule has 0 radical (unpaired) electrons. The Morgan fingerprint density at radius 3 is 2.42 bits per heavy atom. The SMILES string of the molecule is COc1ccc(C(C)NC(C(N)=O)C(C)C)cc1Br. The second-order valence-corrected chi connectivity index (χ2v) is 5.76.